The van der Waals surface area contributed by atoms with Crippen LogP contribution in [0.5, 0.6) is 0 Å². The summed E-state index contributed by atoms with van der Waals surface area (Å²) in [5.41, 5.74) is 2.42. The molecule has 5 nitrogen and oxygen atoms in total. The van der Waals surface area contributed by atoms with Gasteiger partial charge in [0.15, 0.2) is 5.82 Å². The van der Waals surface area contributed by atoms with Crippen LogP contribution in [-0.2, 0) is 12.8 Å². The van der Waals surface area contributed by atoms with E-state index < -0.39 is 0 Å². The largest absolute Gasteiger partial charge is 0.393 e. The number of anilines is 1. The Bertz CT molecular complexity index is 465. The van der Waals surface area contributed by atoms with Crippen molar-refractivity contribution in [2.24, 2.45) is 0 Å². The van der Waals surface area contributed by atoms with Crippen molar-refractivity contribution >= 4 is 5.82 Å². The van der Waals surface area contributed by atoms with Crippen LogP contribution in [0.25, 0.3) is 0 Å². The summed E-state index contributed by atoms with van der Waals surface area (Å²) < 4.78 is 0. The Kier molecular flexibility index (Phi) is 5.71. The third-order valence-electron chi connectivity index (χ3n) is 3.04. The van der Waals surface area contributed by atoms with Gasteiger partial charge in [-0.25, -0.2) is 0 Å². The highest BCUT2D eigenvalue weighted by molar-refractivity contribution is 5.56. The second-order valence-electron chi connectivity index (χ2n) is 4.80. The predicted molar refractivity (Wildman–Crippen MR) is 74.9 cm³/mol. The van der Waals surface area contributed by atoms with E-state index in [1.807, 2.05) is 20.8 Å². The first kappa shape index (κ1) is 15.4. The molecule has 0 aliphatic rings. The molecule has 0 saturated carbocycles. The monoisotopic (exact) mass is 262 g/mol. The van der Waals surface area contributed by atoms with Gasteiger partial charge in [0.2, 0.25) is 0 Å². The van der Waals surface area contributed by atoms with Crippen molar-refractivity contribution in [1.29, 1.82) is 5.26 Å². The molecule has 5 heteroatoms. The molecule has 1 heterocycles. The lowest BCUT2D eigenvalue weighted by Gasteiger charge is -2.18. The highest BCUT2D eigenvalue weighted by atomic mass is 16.3. The molecule has 2 atom stereocenters. The lowest BCUT2D eigenvalue weighted by molar-refractivity contribution is 0.179. The fraction of sp³-hybridized carbons (Fsp3) is 0.643. The predicted octanol–water partition coefficient (Wildman–Crippen LogP) is 2.04. The molecular weight excluding hydrogens is 240 g/mol. The summed E-state index contributed by atoms with van der Waals surface area (Å²) in [5, 5.41) is 30.2. The van der Waals surface area contributed by atoms with Gasteiger partial charge in [0.1, 0.15) is 11.6 Å². The molecule has 0 amide bonds. The molecule has 0 aliphatic heterocycles. The van der Waals surface area contributed by atoms with Crippen LogP contribution < -0.4 is 5.32 Å². The zero-order valence-electron chi connectivity index (χ0n) is 12.1. The van der Waals surface area contributed by atoms with Gasteiger partial charge in [0, 0.05) is 6.04 Å². The Labute approximate surface area is 114 Å². The highest BCUT2D eigenvalue weighted by Crippen LogP contribution is 2.21. The lowest BCUT2D eigenvalue weighted by Crippen LogP contribution is -2.22. The molecule has 0 bridgehead atoms. The molecule has 1 aromatic rings. The van der Waals surface area contributed by atoms with Crippen LogP contribution in [0, 0.1) is 11.3 Å². The van der Waals surface area contributed by atoms with Gasteiger partial charge in [-0.1, -0.05) is 13.8 Å². The zero-order chi connectivity index (χ0) is 14.4. The molecule has 0 aliphatic carbocycles. The first-order valence-electron chi connectivity index (χ1n) is 6.76. The number of aliphatic hydroxyl groups excluding tert-OH is 1. The van der Waals surface area contributed by atoms with Crippen molar-refractivity contribution < 1.29 is 5.11 Å². The maximum Gasteiger partial charge on any atom is 0.167 e. The van der Waals surface area contributed by atoms with Crippen LogP contribution in [0.2, 0.25) is 0 Å². The first-order valence-corrected chi connectivity index (χ1v) is 6.76. The Hall–Kier alpha value is -1.67. The van der Waals surface area contributed by atoms with Crippen molar-refractivity contribution in [2.45, 2.75) is 59.1 Å². The minimum absolute atomic E-state index is 0.0404. The fourth-order valence-electron chi connectivity index (χ4n) is 2.20. The molecule has 1 rings (SSSR count). The Morgan fingerprint density at radius 3 is 2.42 bits per heavy atom. The number of aryl methyl sites for hydroxylation is 1. The number of rotatable bonds is 6. The van der Waals surface area contributed by atoms with Gasteiger partial charge >= 0.3 is 0 Å². The van der Waals surface area contributed by atoms with E-state index in [2.05, 4.69) is 21.6 Å². The number of hydrogen-bond acceptors (Lipinski definition) is 5. The summed E-state index contributed by atoms with van der Waals surface area (Å²) in [5.74, 6) is 0.518. The quantitative estimate of drug-likeness (QED) is 0.820. The van der Waals surface area contributed by atoms with Crippen molar-refractivity contribution in [2.75, 3.05) is 5.32 Å². The molecule has 0 spiro atoms. The molecule has 0 saturated heterocycles. The SMILES string of the molecule is CCc1nnc(NC(C)CC(C)O)c(C#N)c1CC. The van der Waals surface area contributed by atoms with Gasteiger partial charge in [0.05, 0.1) is 11.8 Å². The van der Waals surface area contributed by atoms with Gasteiger partial charge < -0.3 is 10.4 Å². The summed E-state index contributed by atoms with van der Waals surface area (Å²) >= 11 is 0. The summed E-state index contributed by atoms with van der Waals surface area (Å²) in [6.07, 6.45) is 1.75. The normalized spacial score (nSPS) is 13.7. The number of nitrogens with zero attached hydrogens (tertiary/aromatic N) is 3. The second-order valence-corrected chi connectivity index (χ2v) is 4.80. The molecule has 2 N–H and O–H groups in total. The van der Waals surface area contributed by atoms with Crippen molar-refractivity contribution in [3.63, 3.8) is 0 Å². The minimum atomic E-state index is -0.387. The first-order chi connectivity index (χ1) is 9.03. The molecule has 2 unspecified atom stereocenters. The van der Waals surface area contributed by atoms with E-state index in [0.717, 1.165) is 24.1 Å². The number of nitriles is 1. The van der Waals surface area contributed by atoms with Gasteiger partial charge in [-0.2, -0.15) is 10.4 Å². The van der Waals surface area contributed by atoms with E-state index in [9.17, 15) is 10.4 Å². The third kappa shape index (κ3) is 3.90. The van der Waals surface area contributed by atoms with Crippen LogP contribution in [0.1, 0.15) is 50.9 Å². The van der Waals surface area contributed by atoms with Crippen LogP contribution >= 0.6 is 0 Å². The molecular formula is C14H22N4O. The molecule has 19 heavy (non-hydrogen) atoms. The molecule has 0 aromatic carbocycles. The molecule has 1 aromatic heterocycles. The average Bonchev–Trinajstić information content (AvgIpc) is 2.36. The Morgan fingerprint density at radius 2 is 1.95 bits per heavy atom. The van der Waals surface area contributed by atoms with E-state index in [1.54, 1.807) is 6.92 Å². The maximum atomic E-state index is 9.37. The van der Waals surface area contributed by atoms with E-state index >= 15 is 0 Å². The summed E-state index contributed by atoms with van der Waals surface area (Å²) in [4.78, 5) is 0. The summed E-state index contributed by atoms with van der Waals surface area (Å²) in [6.45, 7) is 7.72. The third-order valence-corrected chi connectivity index (χ3v) is 3.04. The number of aromatic nitrogens is 2. The smallest absolute Gasteiger partial charge is 0.167 e. The fourth-order valence-corrected chi connectivity index (χ4v) is 2.20. The van der Waals surface area contributed by atoms with Crippen LogP contribution in [-0.4, -0.2) is 27.4 Å². The zero-order valence-corrected chi connectivity index (χ0v) is 12.1. The van der Waals surface area contributed by atoms with Crippen molar-refractivity contribution in [1.82, 2.24) is 10.2 Å². The maximum absolute atomic E-state index is 9.37. The van der Waals surface area contributed by atoms with Crippen LogP contribution in [0.3, 0.4) is 0 Å². The van der Waals surface area contributed by atoms with Gasteiger partial charge in [-0.15, -0.1) is 5.10 Å². The van der Waals surface area contributed by atoms with Gasteiger partial charge in [-0.05, 0) is 38.7 Å². The number of hydrogen-bond donors (Lipinski definition) is 2. The van der Waals surface area contributed by atoms with E-state index in [1.165, 1.54) is 0 Å². The Balaban J connectivity index is 3.05. The number of nitrogens with one attached hydrogen (secondary N) is 1. The molecule has 0 radical (unpaired) electrons. The second kappa shape index (κ2) is 7.05. The van der Waals surface area contributed by atoms with E-state index in [0.29, 0.717) is 17.8 Å². The van der Waals surface area contributed by atoms with Crippen molar-refractivity contribution in [3.05, 3.63) is 16.8 Å². The topological polar surface area (TPSA) is 81.8 Å². The van der Waals surface area contributed by atoms with Crippen molar-refractivity contribution in [3.8, 4) is 6.07 Å². The lowest BCUT2D eigenvalue weighted by atomic mass is 10.0. The molecule has 0 fully saturated rings. The van der Waals surface area contributed by atoms with E-state index in [4.69, 9.17) is 0 Å². The van der Waals surface area contributed by atoms with Gasteiger partial charge in [0.25, 0.3) is 0 Å². The van der Waals surface area contributed by atoms with Gasteiger partial charge in [-0.3, -0.25) is 0 Å². The summed E-state index contributed by atoms with van der Waals surface area (Å²) in [7, 11) is 0. The Morgan fingerprint density at radius 1 is 1.26 bits per heavy atom. The average molecular weight is 262 g/mol. The van der Waals surface area contributed by atoms with Crippen LogP contribution in [0.4, 0.5) is 5.82 Å². The minimum Gasteiger partial charge on any atom is -0.393 e. The van der Waals surface area contributed by atoms with Crippen LogP contribution in [0.15, 0.2) is 0 Å². The molecule has 104 valence electrons. The standard InChI is InChI=1S/C14H22N4O/c1-5-11-12(8-15)14(18-17-13(11)6-2)16-9(3)7-10(4)19/h9-10,19H,5-7H2,1-4H3,(H,16,18). The summed E-state index contributed by atoms with van der Waals surface area (Å²) in [6, 6.07) is 2.26. The van der Waals surface area contributed by atoms with E-state index in [-0.39, 0.29) is 12.1 Å². The number of aliphatic hydroxyl groups is 1. The highest BCUT2D eigenvalue weighted by Gasteiger charge is 2.16.